The number of benzene rings is 1. The quantitative estimate of drug-likeness (QED) is 0.864. The van der Waals surface area contributed by atoms with E-state index >= 15 is 0 Å². The Morgan fingerprint density at radius 3 is 2.47 bits per heavy atom. The first kappa shape index (κ1) is 14.5. The molecule has 1 aromatic rings. The SMILES string of the molecule is CCC(CC)Oc1ccc(Br)cc1CC(C)N. The Hall–Kier alpha value is -0.540. The number of nitrogens with two attached hydrogens (primary N) is 1. The van der Waals surface area contributed by atoms with Crippen molar-refractivity contribution in [3.8, 4) is 5.75 Å². The predicted molar refractivity (Wildman–Crippen MR) is 76.5 cm³/mol. The van der Waals surface area contributed by atoms with Crippen LogP contribution in [0.2, 0.25) is 0 Å². The van der Waals surface area contributed by atoms with Gasteiger partial charge in [-0.2, -0.15) is 0 Å². The fourth-order valence-corrected chi connectivity index (χ4v) is 2.21. The lowest BCUT2D eigenvalue weighted by atomic mass is 10.1. The molecule has 1 aromatic carbocycles. The summed E-state index contributed by atoms with van der Waals surface area (Å²) in [5.74, 6) is 0.971. The van der Waals surface area contributed by atoms with E-state index < -0.39 is 0 Å². The number of halogens is 1. The van der Waals surface area contributed by atoms with Gasteiger partial charge in [0.05, 0.1) is 6.10 Å². The van der Waals surface area contributed by atoms with Gasteiger partial charge in [0.2, 0.25) is 0 Å². The summed E-state index contributed by atoms with van der Waals surface area (Å²) in [7, 11) is 0. The molecule has 0 saturated carbocycles. The highest BCUT2D eigenvalue weighted by Crippen LogP contribution is 2.26. The third kappa shape index (κ3) is 4.68. The van der Waals surface area contributed by atoms with Gasteiger partial charge in [0.15, 0.2) is 0 Å². The monoisotopic (exact) mass is 299 g/mol. The summed E-state index contributed by atoms with van der Waals surface area (Å²) in [6, 6.07) is 6.29. The first-order chi connectivity index (χ1) is 8.06. The zero-order chi connectivity index (χ0) is 12.8. The van der Waals surface area contributed by atoms with Gasteiger partial charge in [-0.1, -0.05) is 29.8 Å². The molecule has 1 atom stereocenters. The van der Waals surface area contributed by atoms with Crippen LogP contribution in [0.3, 0.4) is 0 Å². The van der Waals surface area contributed by atoms with E-state index in [1.807, 2.05) is 19.1 Å². The summed E-state index contributed by atoms with van der Waals surface area (Å²) in [6.45, 7) is 6.32. The van der Waals surface area contributed by atoms with Crippen molar-refractivity contribution >= 4 is 15.9 Å². The molecule has 1 unspecified atom stereocenters. The fourth-order valence-electron chi connectivity index (χ4n) is 1.80. The summed E-state index contributed by atoms with van der Waals surface area (Å²) in [5, 5.41) is 0. The molecule has 2 N–H and O–H groups in total. The number of hydrogen-bond acceptors (Lipinski definition) is 2. The zero-order valence-corrected chi connectivity index (χ0v) is 12.5. The summed E-state index contributed by atoms with van der Waals surface area (Å²) in [5.41, 5.74) is 7.05. The highest BCUT2D eigenvalue weighted by atomic mass is 79.9. The Balaban J connectivity index is 2.89. The molecule has 2 nitrogen and oxygen atoms in total. The van der Waals surface area contributed by atoms with Crippen molar-refractivity contribution in [3.63, 3.8) is 0 Å². The molecule has 0 fully saturated rings. The highest BCUT2D eigenvalue weighted by Gasteiger charge is 2.11. The molecule has 0 amide bonds. The minimum Gasteiger partial charge on any atom is -0.490 e. The average Bonchev–Trinajstić information content (AvgIpc) is 2.27. The first-order valence-corrected chi connectivity index (χ1v) is 7.06. The molecule has 0 saturated heterocycles. The Bertz CT molecular complexity index is 348. The van der Waals surface area contributed by atoms with Crippen molar-refractivity contribution in [2.75, 3.05) is 0 Å². The number of rotatable bonds is 6. The van der Waals surface area contributed by atoms with E-state index in [-0.39, 0.29) is 6.04 Å². The predicted octanol–water partition coefficient (Wildman–Crippen LogP) is 3.91. The summed E-state index contributed by atoms with van der Waals surface area (Å²) in [6.07, 6.45) is 3.20. The lowest BCUT2D eigenvalue weighted by molar-refractivity contribution is 0.191. The molecule has 0 heterocycles. The van der Waals surface area contributed by atoms with Crippen LogP contribution in [0.25, 0.3) is 0 Å². The van der Waals surface area contributed by atoms with E-state index in [0.717, 1.165) is 29.5 Å². The topological polar surface area (TPSA) is 35.2 Å². The van der Waals surface area contributed by atoms with Crippen molar-refractivity contribution in [1.29, 1.82) is 0 Å². The molecule has 1 rings (SSSR count). The maximum Gasteiger partial charge on any atom is 0.123 e. The Morgan fingerprint density at radius 2 is 1.94 bits per heavy atom. The smallest absolute Gasteiger partial charge is 0.123 e. The molecule has 0 aliphatic rings. The van der Waals surface area contributed by atoms with Gasteiger partial charge >= 0.3 is 0 Å². The summed E-state index contributed by atoms with van der Waals surface area (Å²) in [4.78, 5) is 0. The van der Waals surface area contributed by atoms with Crippen LogP contribution in [0.15, 0.2) is 22.7 Å². The second-order valence-corrected chi connectivity index (χ2v) is 5.41. The van der Waals surface area contributed by atoms with Gasteiger partial charge < -0.3 is 10.5 Å². The van der Waals surface area contributed by atoms with Gasteiger partial charge in [0, 0.05) is 10.5 Å². The summed E-state index contributed by atoms with van der Waals surface area (Å²) < 4.78 is 7.10. The van der Waals surface area contributed by atoms with E-state index in [4.69, 9.17) is 10.5 Å². The third-order valence-electron chi connectivity index (χ3n) is 2.77. The maximum absolute atomic E-state index is 6.02. The molecule has 3 heteroatoms. The van der Waals surface area contributed by atoms with Gasteiger partial charge in [-0.05, 0) is 49.9 Å². The van der Waals surface area contributed by atoms with Gasteiger partial charge in [-0.3, -0.25) is 0 Å². The van der Waals surface area contributed by atoms with Gasteiger partial charge in [-0.15, -0.1) is 0 Å². The molecule has 17 heavy (non-hydrogen) atoms. The molecule has 96 valence electrons. The van der Waals surface area contributed by atoms with E-state index in [1.165, 1.54) is 5.56 Å². The van der Waals surface area contributed by atoms with Crippen LogP contribution in [0.1, 0.15) is 39.2 Å². The van der Waals surface area contributed by atoms with Crippen LogP contribution >= 0.6 is 15.9 Å². The largest absolute Gasteiger partial charge is 0.490 e. The molecule has 0 bridgehead atoms. The molecule has 0 aromatic heterocycles. The van der Waals surface area contributed by atoms with E-state index in [9.17, 15) is 0 Å². The second kappa shape index (κ2) is 7.02. The molecule has 0 aliphatic heterocycles. The van der Waals surface area contributed by atoms with Crippen molar-refractivity contribution in [2.24, 2.45) is 5.73 Å². The van der Waals surface area contributed by atoms with Crippen LogP contribution in [0.4, 0.5) is 0 Å². The Kier molecular flexibility index (Phi) is 6.00. The number of ether oxygens (including phenoxy) is 1. The standard InChI is InChI=1S/C14H22BrNO/c1-4-13(5-2)17-14-7-6-12(15)9-11(14)8-10(3)16/h6-7,9-10,13H,4-5,8,16H2,1-3H3. The van der Waals surface area contributed by atoms with Crippen LogP contribution in [-0.4, -0.2) is 12.1 Å². The minimum absolute atomic E-state index is 0.147. The molecular weight excluding hydrogens is 278 g/mol. The van der Waals surface area contributed by atoms with Gasteiger partial charge in [-0.25, -0.2) is 0 Å². The van der Waals surface area contributed by atoms with Crippen molar-refractivity contribution in [2.45, 2.75) is 52.2 Å². The number of hydrogen-bond donors (Lipinski definition) is 1. The van der Waals surface area contributed by atoms with E-state index in [2.05, 4.69) is 35.8 Å². The third-order valence-corrected chi connectivity index (χ3v) is 3.26. The maximum atomic E-state index is 6.02. The lowest BCUT2D eigenvalue weighted by Crippen LogP contribution is -2.20. The van der Waals surface area contributed by atoms with Gasteiger partial charge in [0.25, 0.3) is 0 Å². The zero-order valence-electron chi connectivity index (χ0n) is 10.9. The van der Waals surface area contributed by atoms with E-state index in [1.54, 1.807) is 0 Å². The molecular formula is C14H22BrNO. The highest BCUT2D eigenvalue weighted by molar-refractivity contribution is 9.10. The van der Waals surface area contributed by atoms with Crippen LogP contribution in [0.5, 0.6) is 5.75 Å². The second-order valence-electron chi connectivity index (χ2n) is 4.49. The Labute approximate surface area is 113 Å². The molecule has 0 radical (unpaired) electrons. The van der Waals surface area contributed by atoms with Gasteiger partial charge in [0.1, 0.15) is 5.75 Å². The average molecular weight is 300 g/mol. The van der Waals surface area contributed by atoms with Crippen LogP contribution in [-0.2, 0) is 6.42 Å². The van der Waals surface area contributed by atoms with Crippen molar-refractivity contribution in [1.82, 2.24) is 0 Å². The Morgan fingerprint density at radius 1 is 1.29 bits per heavy atom. The first-order valence-electron chi connectivity index (χ1n) is 6.27. The minimum atomic E-state index is 0.147. The van der Waals surface area contributed by atoms with E-state index in [0.29, 0.717) is 6.10 Å². The van der Waals surface area contributed by atoms with Crippen LogP contribution < -0.4 is 10.5 Å². The van der Waals surface area contributed by atoms with Crippen molar-refractivity contribution in [3.05, 3.63) is 28.2 Å². The molecule has 0 spiro atoms. The van der Waals surface area contributed by atoms with Crippen LogP contribution in [0, 0.1) is 0 Å². The lowest BCUT2D eigenvalue weighted by Gasteiger charge is -2.19. The summed E-state index contributed by atoms with van der Waals surface area (Å²) >= 11 is 3.49. The van der Waals surface area contributed by atoms with Crippen molar-refractivity contribution < 1.29 is 4.74 Å². The molecule has 0 aliphatic carbocycles. The normalized spacial score (nSPS) is 12.8. The fraction of sp³-hybridized carbons (Fsp3) is 0.571.